The number of ether oxygens (including phenoxy) is 1. The molecule has 0 saturated carbocycles. The molecule has 1 fully saturated rings. The van der Waals surface area contributed by atoms with E-state index < -0.39 is 0 Å². The number of methoxy groups -OCH3 is 1. The van der Waals surface area contributed by atoms with Crippen LogP contribution < -0.4 is 15.4 Å². The number of hydrogen-bond donors (Lipinski definition) is 1. The Kier molecular flexibility index (Phi) is 4.38. The van der Waals surface area contributed by atoms with Gasteiger partial charge in [-0.2, -0.15) is 0 Å². The zero-order chi connectivity index (χ0) is 18.1. The first-order chi connectivity index (χ1) is 12.7. The van der Waals surface area contributed by atoms with Gasteiger partial charge in [0.05, 0.1) is 12.8 Å². The standard InChI is InChI=1S/C19H20N4O2S/c1-25-14-6-4-13(5-7-14)22-9-11-23(12-10-22)19(24)17-16(20)15-3-2-8-21-18(15)26-17/h2-8H,9-12,20H2,1H3. The average Bonchev–Trinajstić information content (AvgIpc) is 3.04. The quantitative estimate of drug-likeness (QED) is 0.770. The van der Waals surface area contributed by atoms with E-state index in [2.05, 4.69) is 9.88 Å². The van der Waals surface area contributed by atoms with Crippen molar-refractivity contribution in [2.75, 3.05) is 43.9 Å². The molecule has 134 valence electrons. The molecule has 0 atom stereocenters. The Balaban J connectivity index is 1.46. The Hall–Kier alpha value is -2.80. The van der Waals surface area contributed by atoms with Gasteiger partial charge in [0.1, 0.15) is 15.5 Å². The first-order valence-corrected chi connectivity index (χ1v) is 9.30. The van der Waals surface area contributed by atoms with Crippen LogP contribution in [0.4, 0.5) is 11.4 Å². The third kappa shape index (κ3) is 2.94. The first kappa shape index (κ1) is 16.7. The highest BCUT2D eigenvalue weighted by Gasteiger charge is 2.26. The zero-order valence-corrected chi connectivity index (χ0v) is 15.3. The summed E-state index contributed by atoms with van der Waals surface area (Å²) in [5, 5.41) is 0.859. The van der Waals surface area contributed by atoms with E-state index >= 15 is 0 Å². The molecule has 3 aromatic rings. The van der Waals surface area contributed by atoms with Crippen molar-refractivity contribution in [2.24, 2.45) is 0 Å². The summed E-state index contributed by atoms with van der Waals surface area (Å²) in [6, 6.07) is 11.8. The fourth-order valence-corrected chi connectivity index (χ4v) is 4.25. The van der Waals surface area contributed by atoms with E-state index in [1.165, 1.54) is 11.3 Å². The number of fused-ring (bicyclic) bond motifs is 1. The van der Waals surface area contributed by atoms with Crippen LogP contribution >= 0.6 is 11.3 Å². The number of nitrogens with zero attached hydrogens (tertiary/aromatic N) is 3. The highest BCUT2D eigenvalue weighted by atomic mass is 32.1. The first-order valence-electron chi connectivity index (χ1n) is 8.48. The molecule has 7 heteroatoms. The SMILES string of the molecule is COc1ccc(N2CCN(C(=O)c3sc4ncccc4c3N)CC2)cc1. The number of carbonyl (C=O) groups is 1. The number of piperazine rings is 1. The lowest BCUT2D eigenvalue weighted by molar-refractivity contribution is 0.0752. The van der Waals surface area contributed by atoms with E-state index in [-0.39, 0.29) is 5.91 Å². The van der Waals surface area contributed by atoms with Crippen LogP contribution in [0.3, 0.4) is 0 Å². The molecule has 1 saturated heterocycles. The van der Waals surface area contributed by atoms with Crippen LogP contribution in [-0.4, -0.2) is 49.1 Å². The van der Waals surface area contributed by atoms with Gasteiger partial charge in [0.25, 0.3) is 5.91 Å². The summed E-state index contributed by atoms with van der Waals surface area (Å²) < 4.78 is 5.20. The lowest BCUT2D eigenvalue weighted by Gasteiger charge is -2.36. The molecule has 0 unspecified atom stereocenters. The predicted octanol–water partition coefficient (Wildman–Crippen LogP) is 2.85. The molecule has 1 aromatic carbocycles. The summed E-state index contributed by atoms with van der Waals surface area (Å²) in [7, 11) is 1.66. The predicted molar refractivity (Wildman–Crippen MR) is 105 cm³/mol. The van der Waals surface area contributed by atoms with Crippen LogP contribution in [0.15, 0.2) is 42.6 Å². The molecule has 1 amide bonds. The Morgan fingerprint density at radius 3 is 2.54 bits per heavy atom. The second kappa shape index (κ2) is 6.84. The monoisotopic (exact) mass is 368 g/mol. The smallest absolute Gasteiger partial charge is 0.266 e. The van der Waals surface area contributed by atoms with Gasteiger partial charge in [-0.15, -0.1) is 11.3 Å². The summed E-state index contributed by atoms with van der Waals surface area (Å²) in [6.45, 7) is 2.93. The van der Waals surface area contributed by atoms with Crippen molar-refractivity contribution in [3.8, 4) is 5.75 Å². The third-order valence-electron chi connectivity index (χ3n) is 4.70. The maximum atomic E-state index is 12.9. The van der Waals surface area contributed by atoms with Gasteiger partial charge in [0, 0.05) is 43.4 Å². The lowest BCUT2D eigenvalue weighted by atomic mass is 10.2. The second-order valence-electron chi connectivity index (χ2n) is 6.18. The van der Waals surface area contributed by atoms with E-state index in [4.69, 9.17) is 10.5 Å². The van der Waals surface area contributed by atoms with E-state index in [9.17, 15) is 4.79 Å². The number of thiophene rings is 1. The molecule has 1 aliphatic rings. The molecular weight excluding hydrogens is 348 g/mol. The Morgan fingerprint density at radius 1 is 1.15 bits per heavy atom. The summed E-state index contributed by atoms with van der Waals surface area (Å²) >= 11 is 1.37. The number of benzene rings is 1. The van der Waals surface area contributed by atoms with Crippen LogP contribution in [0.2, 0.25) is 0 Å². The summed E-state index contributed by atoms with van der Waals surface area (Å²) in [4.78, 5) is 22.8. The van der Waals surface area contributed by atoms with Gasteiger partial charge in [-0.1, -0.05) is 0 Å². The summed E-state index contributed by atoms with van der Waals surface area (Å²) in [6.07, 6.45) is 1.72. The van der Waals surface area contributed by atoms with Crippen molar-refractivity contribution in [1.82, 2.24) is 9.88 Å². The lowest BCUT2D eigenvalue weighted by Crippen LogP contribution is -2.48. The van der Waals surface area contributed by atoms with E-state index in [1.807, 2.05) is 41.3 Å². The molecule has 0 spiro atoms. The zero-order valence-electron chi connectivity index (χ0n) is 14.5. The molecule has 0 radical (unpaired) electrons. The number of nitrogens with two attached hydrogens (primary N) is 1. The molecule has 3 heterocycles. The van der Waals surface area contributed by atoms with E-state index in [1.54, 1.807) is 13.3 Å². The minimum atomic E-state index is -0.000110. The van der Waals surface area contributed by atoms with Crippen LogP contribution in [0.5, 0.6) is 5.75 Å². The largest absolute Gasteiger partial charge is 0.497 e. The Bertz CT molecular complexity index is 930. The molecule has 1 aliphatic heterocycles. The number of amides is 1. The molecule has 6 nitrogen and oxygen atoms in total. The van der Waals surface area contributed by atoms with Crippen molar-refractivity contribution in [2.45, 2.75) is 0 Å². The number of carbonyl (C=O) groups excluding carboxylic acids is 1. The Morgan fingerprint density at radius 2 is 1.88 bits per heavy atom. The molecule has 0 aliphatic carbocycles. The number of aromatic nitrogens is 1. The number of rotatable bonds is 3. The second-order valence-corrected chi connectivity index (χ2v) is 7.18. The highest BCUT2D eigenvalue weighted by Crippen LogP contribution is 2.33. The summed E-state index contributed by atoms with van der Waals surface area (Å²) in [5.74, 6) is 0.844. The minimum Gasteiger partial charge on any atom is -0.497 e. The number of pyridine rings is 1. The van der Waals surface area contributed by atoms with Gasteiger partial charge >= 0.3 is 0 Å². The number of anilines is 2. The van der Waals surface area contributed by atoms with Crippen LogP contribution in [0.25, 0.3) is 10.2 Å². The van der Waals surface area contributed by atoms with Crippen molar-refractivity contribution in [3.63, 3.8) is 0 Å². The molecule has 2 aromatic heterocycles. The van der Waals surface area contributed by atoms with Gasteiger partial charge in [-0.3, -0.25) is 4.79 Å². The van der Waals surface area contributed by atoms with E-state index in [0.717, 1.165) is 34.7 Å². The van der Waals surface area contributed by atoms with Gasteiger partial charge in [0.2, 0.25) is 0 Å². The fourth-order valence-electron chi connectivity index (χ4n) is 3.21. The van der Waals surface area contributed by atoms with Crippen molar-refractivity contribution in [1.29, 1.82) is 0 Å². The Labute approximate surface area is 155 Å². The molecule has 2 N–H and O–H groups in total. The maximum Gasteiger partial charge on any atom is 0.266 e. The van der Waals surface area contributed by atoms with Crippen molar-refractivity contribution >= 4 is 38.8 Å². The van der Waals surface area contributed by atoms with Crippen LogP contribution in [0.1, 0.15) is 9.67 Å². The average molecular weight is 368 g/mol. The van der Waals surface area contributed by atoms with Gasteiger partial charge in [0.15, 0.2) is 0 Å². The normalized spacial score (nSPS) is 14.7. The minimum absolute atomic E-state index is 0.000110. The van der Waals surface area contributed by atoms with Gasteiger partial charge in [-0.05, 0) is 36.4 Å². The number of hydrogen-bond acceptors (Lipinski definition) is 6. The van der Waals surface area contributed by atoms with Crippen LogP contribution in [0, 0.1) is 0 Å². The molecular formula is C19H20N4O2S. The van der Waals surface area contributed by atoms with Gasteiger partial charge < -0.3 is 20.3 Å². The number of nitrogen functional groups attached to an aromatic ring is 1. The van der Waals surface area contributed by atoms with Gasteiger partial charge in [-0.25, -0.2) is 4.98 Å². The van der Waals surface area contributed by atoms with E-state index in [0.29, 0.717) is 23.7 Å². The third-order valence-corrected chi connectivity index (χ3v) is 5.82. The van der Waals surface area contributed by atoms with Crippen LogP contribution in [-0.2, 0) is 0 Å². The highest BCUT2D eigenvalue weighted by molar-refractivity contribution is 7.21. The molecule has 0 bridgehead atoms. The van der Waals surface area contributed by atoms with Crippen molar-refractivity contribution in [3.05, 3.63) is 47.5 Å². The van der Waals surface area contributed by atoms with Crippen molar-refractivity contribution < 1.29 is 9.53 Å². The molecule has 26 heavy (non-hydrogen) atoms. The topological polar surface area (TPSA) is 71.7 Å². The maximum absolute atomic E-state index is 12.9. The molecule has 4 rings (SSSR count). The fraction of sp³-hybridized carbons (Fsp3) is 0.263. The summed E-state index contributed by atoms with van der Waals surface area (Å²) in [5.41, 5.74) is 7.88.